The minimum Gasteiger partial charge on any atom is -0.354 e. The Morgan fingerprint density at radius 3 is 2.53 bits per heavy atom. The van der Waals surface area contributed by atoms with Crippen molar-refractivity contribution in [1.82, 2.24) is 4.98 Å². The summed E-state index contributed by atoms with van der Waals surface area (Å²) >= 11 is 1.74. The number of benzene rings is 3. The molecule has 1 atom stereocenters. The number of carbonyl (C=O) groups excluding carboxylic acids is 1. The molecule has 2 nitrogen and oxygen atoms in total. The van der Waals surface area contributed by atoms with Gasteiger partial charge in [-0.25, -0.2) is 0 Å². The molecule has 5 aromatic rings. The van der Waals surface area contributed by atoms with Gasteiger partial charge in [-0.3, -0.25) is 4.79 Å². The maximum absolute atomic E-state index is 13.0. The van der Waals surface area contributed by atoms with E-state index in [1.807, 2.05) is 12.1 Å². The average molecular weight is 434 g/mol. The molecule has 0 saturated heterocycles. The smallest absolute Gasteiger partial charge is 0.164 e. The van der Waals surface area contributed by atoms with Gasteiger partial charge in [0.2, 0.25) is 0 Å². The summed E-state index contributed by atoms with van der Waals surface area (Å²) in [4.78, 5) is 17.9. The van der Waals surface area contributed by atoms with E-state index in [4.69, 9.17) is 0 Å². The fourth-order valence-electron chi connectivity index (χ4n) is 5.21. The first kappa shape index (κ1) is 19.3. The van der Waals surface area contributed by atoms with Crippen molar-refractivity contribution in [2.45, 2.75) is 25.2 Å². The Bertz CT molecular complexity index is 1450. The standard InChI is InChI=1S/C29H23NOS/c1-29(18-26(31)22-14-13-20(16-24(22)29)27-12-7-15-32-27)17-23-21-10-5-6-11-25(21)30-28(23)19-8-3-2-4-9-19/h2-16,30H,17-18H2,1H3/t29-/m0/s1. The lowest BCUT2D eigenvalue weighted by Gasteiger charge is -2.26. The van der Waals surface area contributed by atoms with Crippen LogP contribution in [0.5, 0.6) is 0 Å². The Morgan fingerprint density at radius 1 is 0.906 bits per heavy atom. The number of fused-ring (bicyclic) bond motifs is 2. The second-order valence-corrected chi connectivity index (χ2v) is 9.91. The number of hydrogen-bond donors (Lipinski definition) is 1. The Balaban J connectivity index is 1.51. The first-order valence-corrected chi connectivity index (χ1v) is 11.9. The molecule has 0 saturated carbocycles. The summed E-state index contributed by atoms with van der Waals surface area (Å²) in [6.45, 7) is 2.26. The third-order valence-electron chi connectivity index (χ3n) is 6.77. The van der Waals surface area contributed by atoms with E-state index in [1.54, 1.807) is 11.3 Å². The van der Waals surface area contributed by atoms with Crippen molar-refractivity contribution in [1.29, 1.82) is 0 Å². The second-order valence-electron chi connectivity index (χ2n) is 8.97. The van der Waals surface area contributed by atoms with E-state index in [9.17, 15) is 4.79 Å². The molecule has 0 radical (unpaired) electrons. The van der Waals surface area contributed by atoms with Crippen LogP contribution in [0, 0.1) is 0 Å². The van der Waals surface area contributed by atoms with E-state index in [-0.39, 0.29) is 11.2 Å². The van der Waals surface area contributed by atoms with Gasteiger partial charge in [0.1, 0.15) is 0 Å². The Kier molecular flexibility index (Phi) is 4.41. The first-order valence-electron chi connectivity index (χ1n) is 11.0. The summed E-state index contributed by atoms with van der Waals surface area (Å²) in [7, 11) is 0. The van der Waals surface area contributed by atoms with Gasteiger partial charge in [-0.1, -0.05) is 73.7 Å². The van der Waals surface area contributed by atoms with E-state index in [0.29, 0.717) is 6.42 Å². The molecule has 0 unspecified atom stereocenters. The first-order chi connectivity index (χ1) is 15.6. The molecule has 6 rings (SSSR count). The van der Waals surface area contributed by atoms with Crippen molar-refractivity contribution in [2.24, 2.45) is 0 Å². The number of aromatic nitrogens is 1. The number of rotatable bonds is 4. The lowest BCUT2D eigenvalue weighted by atomic mass is 9.77. The molecule has 156 valence electrons. The summed E-state index contributed by atoms with van der Waals surface area (Å²) in [5.74, 6) is 0.251. The zero-order chi connectivity index (χ0) is 21.7. The molecule has 0 amide bonds. The molecule has 3 heteroatoms. The van der Waals surface area contributed by atoms with E-state index in [0.717, 1.165) is 23.2 Å². The lowest BCUT2D eigenvalue weighted by molar-refractivity contribution is 0.0976. The number of thiophene rings is 1. The Labute approximate surface area is 191 Å². The van der Waals surface area contributed by atoms with E-state index in [1.165, 1.54) is 32.5 Å². The van der Waals surface area contributed by atoms with Crippen molar-refractivity contribution in [3.05, 3.63) is 107 Å². The van der Waals surface area contributed by atoms with Gasteiger partial charge in [0.05, 0.1) is 0 Å². The molecule has 2 heterocycles. The van der Waals surface area contributed by atoms with Crippen LogP contribution >= 0.6 is 11.3 Å². The molecule has 0 aliphatic heterocycles. The summed E-state index contributed by atoms with van der Waals surface area (Å²) < 4.78 is 0. The number of carbonyl (C=O) groups is 1. The zero-order valence-corrected chi connectivity index (χ0v) is 18.7. The predicted molar refractivity (Wildman–Crippen MR) is 133 cm³/mol. The highest BCUT2D eigenvalue weighted by molar-refractivity contribution is 7.13. The van der Waals surface area contributed by atoms with Gasteiger partial charge in [0.25, 0.3) is 0 Å². The Hall–Kier alpha value is -3.43. The molecule has 0 spiro atoms. The summed E-state index contributed by atoms with van der Waals surface area (Å²) in [6, 6.07) is 29.6. The molecule has 1 aliphatic rings. The number of H-pyrrole nitrogens is 1. The fourth-order valence-corrected chi connectivity index (χ4v) is 5.93. The highest BCUT2D eigenvalue weighted by Gasteiger charge is 2.40. The Morgan fingerprint density at radius 2 is 1.72 bits per heavy atom. The summed E-state index contributed by atoms with van der Waals surface area (Å²) in [5, 5.41) is 3.34. The van der Waals surface area contributed by atoms with Crippen molar-refractivity contribution < 1.29 is 4.79 Å². The SMILES string of the molecule is C[C@]1(Cc2c(-c3ccccc3)[nH]c3ccccc23)CC(=O)c2ccc(-c3cccs3)cc21. The van der Waals surface area contributed by atoms with E-state index < -0.39 is 0 Å². The minimum atomic E-state index is -0.242. The van der Waals surface area contributed by atoms with Gasteiger partial charge in [-0.05, 0) is 52.3 Å². The van der Waals surface area contributed by atoms with Gasteiger partial charge >= 0.3 is 0 Å². The molecule has 32 heavy (non-hydrogen) atoms. The molecule has 3 aromatic carbocycles. The van der Waals surface area contributed by atoms with Crippen LogP contribution in [0.2, 0.25) is 0 Å². The van der Waals surface area contributed by atoms with Crippen LogP contribution in [0.4, 0.5) is 0 Å². The maximum Gasteiger partial charge on any atom is 0.164 e. The zero-order valence-electron chi connectivity index (χ0n) is 17.9. The van der Waals surface area contributed by atoms with Gasteiger partial charge < -0.3 is 4.98 Å². The van der Waals surface area contributed by atoms with Crippen LogP contribution in [0.1, 0.15) is 34.8 Å². The van der Waals surface area contributed by atoms with Crippen LogP contribution < -0.4 is 0 Å². The van der Waals surface area contributed by atoms with Crippen LogP contribution in [0.15, 0.2) is 90.3 Å². The van der Waals surface area contributed by atoms with Crippen LogP contribution in [-0.2, 0) is 11.8 Å². The molecular weight excluding hydrogens is 410 g/mol. The number of para-hydroxylation sites is 1. The van der Waals surface area contributed by atoms with Crippen molar-refractivity contribution in [2.75, 3.05) is 0 Å². The quantitative estimate of drug-likeness (QED) is 0.310. The normalized spacial score (nSPS) is 17.7. The number of hydrogen-bond acceptors (Lipinski definition) is 2. The number of Topliss-reactive ketones (excluding diaryl/α,β-unsaturated/α-hetero) is 1. The highest BCUT2D eigenvalue weighted by atomic mass is 32.1. The van der Waals surface area contributed by atoms with Gasteiger partial charge in [0, 0.05) is 38.9 Å². The highest BCUT2D eigenvalue weighted by Crippen LogP contribution is 2.45. The molecule has 2 aromatic heterocycles. The van der Waals surface area contributed by atoms with Gasteiger partial charge in [-0.15, -0.1) is 11.3 Å². The predicted octanol–water partition coefficient (Wildman–Crippen LogP) is 7.65. The van der Waals surface area contributed by atoms with Crippen molar-refractivity contribution in [3.8, 4) is 21.7 Å². The number of ketones is 1. The monoisotopic (exact) mass is 433 g/mol. The molecular formula is C29H23NOS. The van der Waals surface area contributed by atoms with Crippen molar-refractivity contribution in [3.63, 3.8) is 0 Å². The molecule has 1 aliphatic carbocycles. The molecule has 1 N–H and O–H groups in total. The maximum atomic E-state index is 13.0. The fraction of sp³-hybridized carbons (Fsp3) is 0.138. The van der Waals surface area contributed by atoms with E-state index in [2.05, 4.69) is 90.1 Å². The number of aromatic amines is 1. The summed E-state index contributed by atoms with van der Waals surface area (Å²) in [5.41, 5.74) is 7.78. The largest absolute Gasteiger partial charge is 0.354 e. The molecule has 0 bridgehead atoms. The lowest BCUT2D eigenvalue weighted by Crippen LogP contribution is -2.22. The topological polar surface area (TPSA) is 32.9 Å². The third-order valence-corrected chi connectivity index (χ3v) is 7.69. The minimum absolute atomic E-state index is 0.242. The average Bonchev–Trinajstić information content (AvgIpc) is 3.53. The van der Waals surface area contributed by atoms with Crippen LogP contribution in [0.3, 0.4) is 0 Å². The third kappa shape index (κ3) is 3.04. The second kappa shape index (κ2) is 7.32. The molecule has 0 fully saturated rings. The van der Waals surface area contributed by atoms with Crippen LogP contribution in [0.25, 0.3) is 32.6 Å². The van der Waals surface area contributed by atoms with Crippen molar-refractivity contribution >= 4 is 28.0 Å². The number of nitrogens with one attached hydrogen (secondary N) is 1. The van der Waals surface area contributed by atoms with Gasteiger partial charge in [-0.2, -0.15) is 0 Å². The summed E-state index contributed by atoms with van der Waals surface area (Å²) in [6.07, 6.45) is 1.36. The van der Waals surface area contributed by atoms with E-state index >= 15 is 0 Å². The van der Waals surface area contributed by atoms with Crippen LogP contribution in [-0.4, -0.2) is 10.8 Å². The van der Waals surface area contributed by atoms with Gasteiger partial charge in [0.15, 0.2) is 5.78 Å².